The van der Waals surface area contributed by atoms with E-state index in [1.165, 1.54) is 19.1 Å². The quantitative estimate of drug-likeness (QED) is 0.0614. The van der Waals surface area contributed by atoms with Gasteiger partial charge in [0, 0.05) is 18.5 Å². The summed E-state index contributed by atoms with van der Waals surface area (Å²) in [7, 11) is 0. The van der Waals surface area contributed by atoms with Crippen molar-refractivity contribution < 1.29 is 97.5 Å². The molecule has 0 radical (unpaired) electrons. The number of amides is 1. The Morgan fingerprint density at radius 1 is 0.675 bits per heavy atom. The molecule has 20 atom stereocenters. The van der Waals surface area contributed by atoms with Crippen LogP contribution >= 0.6 is 0 Å². The summed E-state index contributed by atoms with van der Waals surface area (Å²) in [4.78, 5) is 42.9. The smallest absolute Gasteiger partial charge is 0.341 e. The van der Waals surface area contributed by atoms with E-state index in [-0.39, 0.29) is 42.6 Å². The third kappa shape index (κ3) is 13.3. The highest BCUT2D eigenvalue weighted by atomic mass is 16.8. The SMILES string of the molecule is CC1CC(CO[C@H]2OC(CO)[C@@H](O)C(OCc3cc4ccccc4oc3=O)C2O)C[C@@H](O[C@@H]2OC(CO)[C@H](O)C(O[C@@H](CC3CCCCC3)C(=O)N3CCC3)C2OC(=O)c2ccccc2)C1O[C@@H]1OC(C)[C@@H](O)C(O)C1O. The third-order valence-electron chi connectivity index (χ3n) is 16.2. The Kier molecular flexibility index (Phi) is 19.5. The average Bonchev–Trinajstić information content (AvgIpc) is 3.41. The summed E-state index contributed by atoms with van der Waals surface area (Å²) in [6, 6.07) is 16.6. The number of carbonyl (C=O) groups excluding carboxylic acids is 2. The van der Waals surface area contributed by atoms with Crippen LogP contribution in [0, 0.1) is 17.8 Å². The van der Waals surface area contributed by atoms with E-state index >= 15 is 0 Å². The number of hydrogen-bond acceptors (Lipinski definition) is 21. The first-order chi connectivity index (χ1) is 37.1. The zero-order valence-electron chi connectivity index (χ0n) is 43.3. The van der Waals surface area contributed by atoms with Gasteiger partial charge in [0.25, 0.3) is 5.91 Å². The van der Waals surface area contributed by atoms with Crippen molar-refractivity contribution in [1.29, 1.82) is 0 Å². The van der Waals surface area contributed by atoms with Gasteiger partial charge in [0.1, 0.15) is 72.7 Å². The second-order valence-corrected chi connectivity index (χ2v) is 21.6. The molecule has 22 nitrogen and oxygen atoms in total. The minimum absolute atomic E-state index is 0.0555. The molecule has 0 spiro atoms. The van der Waals surface area contributed by atoms with Gasteiger partial charge in [-0.15, -0.1) is 0 Å². The number of aliphatic hydroxyl groups excluding tert-OH is 8. The third-order valence-corrected chi connectivity index (χ3v) is 16.2. The lowest BCUT2D eigenvalue weighted by Crippen LogP contribution is -2.64. The molecule has 3 aromatic rings. The monoisotopic (exact) mass is 1090 g/mol. The summed E-state index contributed by atoms with van der Waals surface area (Å²) < 4.78 is 62.1. The highest BCUT2D eigenvalue weighted by Crippen LogP contribution is 2.40. The number of nitrogens with zero attached hydrogens (tertiary/aromatic N) is 1. The van der Waals surface area contributed by atoms with Crippen LogP contribution in [0.15, 0.2) is 69.9 Å². The molecule has 6 fully saturated rings. The van der Waals surface area contributed by atoms with Crippen molar-refractivity contribution in [3.8, 4) is 0 Å². The molecule has 2 aliphatic carbocycles. The number of likely N-dealkylation sites (tertiary alicyclic amines) is 1. The maximum atomic E-state index is 14.2. The van der Waals surface area contributed by atoms with Crippen LogP contribution in [0.25, 0.3) is 11.0 Å². The molecule has 22 heteroatoms. The van der Waals surface area contributed by atoms with Crippen molar-refractivity contribution in [3.63, 3.8) is 0 Å². The largest absolute Gasteiger partial charge is 0.450 e. The Labute approximate surface area is 445 Å². The molecular weight excluding hydrogens is 1010 g/mol. The zero-order chi connectivity index (χ0) is 54.5. The Balaban J connectivity index is 0.987. The van der Waals surface area contributed by atoms with Crippen LogP contribution in [0.4, 0.5) is 0 Å². The molecule has 5 heterocycles. The first-order valence-electron chi connectivity index (χ1n) is 27.1. The molecule has 4 saturated heterocycles. The van der Waals surface area contributed by atoms with Crippen LogP contribution in [0.3, 0.4) is 0 Å². The van der Waals surface area contributed by atoms with Crippen LogP contribution < -0.4 is 5.63 Å². The Hall–Kier alpha value is -4.05. The minimum Gasteiger partial charge on any atom is -0.450 e. The molecule has 9 rings (SSSR count). The lowest BCUT2D eigenvalue weighted by Gasteiger charge is -2.49. The fraction of sp³-hybridized carbons (Fsp3) is 0.691. The maximum absolute atomic E-state index is 14.2. The zero-order valence-corrected chi connectivity index (χ0v) is 43.3. The average molecular weight is 1090 g/mol. The summed E-state index contributed by atoms with van der Waals surface area (Å²) in [6.45, 7) is 2.48. The van der Waals surface area contributed by atoms with E-state index in [1.807, 2.05) is 6.92 Å². The van der Waals surface area contributed by atoms with Crippen LogP contribution in [0.1, 0.15) is 87.6 Å². The van der Waals surface area contributed by atoms with Gasteiger partial charge >= 0.3 is 11.6 Å². The van der Waals surface area contributed by atoms with Gasteiger partial charge in [0.15, 0.2) is 25.0 Å². The van der Waals surface area contributed by atoms with Crippen molar-refractivity contribution in [2.24, 2.45) is 17.8 Å². The number of carbonyl (C=O) groups is 2. The number of hydrogen-bond donors (Lipinski definition) is 8. The molecule has 0 bridgehead atoms. The summed E-state index contributed by atoms with van der Waals surface area (Å²) in [5.41, 5.74) is -0.0397. The fourth-order valence-electron chi connectivity index (χ4n) is 11.6. The van der Waals surface area contributed by atoms with E-state index in [4.69, 9.17) is 47.0 Å². The van der Waals surface area contributed by atoms with Crippen LogP contribution in [-0.2, 0) is 54.0 Å². The summed E-state index contributed by atoms with van der Waals surface area (Å²) in [6.07, 6.45) is -19.0. The summed E-state index contributed by atoms with van der Waals surface area (Å²) >= 11 is 0. The molecule has 6 aliphatic rings. The van der Waals surface area contributed by atoms with Crippen molar-refractivity contribution in [2.45, 2.75) is 189 Å². The summed E-state index contributed by atoms with van der Waals surface area (Å²) in [5.74, 6) is -1.91. The van der Waals surface area contributed by atoms with E-state index in [0.717, 1.165) is 38.5 Å². The molecule has 2 saturated carbocycles. The highest BCUT2D eigenvalue weighted by Gasteiger charge is 2.54. The minimum atomic E-state index is -1.71. The fourth-order valence-corrected chi connectivity index (χ4v) is 11.6. The predicted molar refractivity (Wildman–Crippen MR) is 267 cm³/mol. The van der Waals surface area contributed by atoms with Gasteiger partial charge in [0.05, 0.1) is 55.9 Å². The lowest BCUT2D eigenvalue weighted by atomic mass is 9.78. The van der Waals surface area contributed by atoms with E-state index in [0.29, 0.717) is 36.9 Å². The maximum Gasteiger partial charge on any atom is 0.341 e. The highest BCUT2D eigenvalue weighted by molar-refractivity contribution is 5.89. The Bertz CT molecular complexity index is 2440. The Morgan fingerprint density at radius 3 is 2.06 bits per heavy atom. The van der Waals surface area contributed by atoms with Gasteiger partial charge in [-0.25, -0.2) is 9.59 Å². The molecule has 8 N–H and O–H groups in total. The molecule has 426 valence electrons. The molecule has 77 heavy (non-hydrogen) atoms. The first kappa shape index (κ1) is 57.6. The van der Waals surface area contributed by atoms with Crippen LogP contribution in [0.2, 0.25) is 0 Å². The van der Waals surface area contributed by atoms with Crippen molar-refractivity contribution in [2.75, 3.05) is 32.9 Å². The second-order valence-electron chi connectivity index (χ2n) is 21.6. The van der Waals surface area contributed by atoms with E-state index in [9.17, 15) is 55.2 Å². The number of esters is 1. The molecule has 2 aromatic carbocycles. The van der Waals surface area contributed by atoms with Gasteiger partial charge in [0.2, 0.25) is 0 Å². The molecular formula is C55H75NO21. The second kappa shape index (κ2) is 26.0. The predicted octanol–water partition coefficient (Wildman–Crippen LogP) is 1.04. The number of benzene rings is 2. The standard InChI is InChI=1S/C55H75NO21/c1-28-20-31(26-69-53-45(64)47(41(60)38(24-57)74-53)68-27-34-23-33-16-9-10-17-35(33)72-52(34)67)22-36(46(28)77-54-44(63)43(62)40(59)29(2)70-54)73-55-49(76-51(66)32-14-7-4-8-15-32)48(42(61)39(25-58)75-55)71-37(50(65)56-18-11-19-56)21-30-12-5-3-6-13-30/h4,7-10,14-17,23,28-31,36-49,53-55,57-64H,3,5-6,11-13,18-22,24-27H2,1-2H3/t28?,29?,31?,36-,37+,38?,39?,40-,41-,42+,43?,44?,45?,46?,47?,48?,49?,53+,54+,55-/m1/s1. The molecule has 1 amide bonds. The molecule has 1 aromatic heterocycles. The van der Waals surface area contributed by atoms with E-state index in [2.05, 4.69) is 0 Å². The van der Waals surface area contributed by atoms with Gasteiger partial charge in [-0.1, -0.05) is 75.4 Å². The topological polar surface area (TPSA) is 312 Å². The number of rotatable bonds is 19. The number of para-hydroxylation sites is 1. The van der Waals surface area contributed by atoms with Crippen LogP contribution in [0.5, 0.6) is 0 Å². The van der Waals surface area contributed by atoms with Crippen molar-refractivity contribution >= 4 is 22.8 Å². The Morgan fingerprint density at radius 2 is 1.36 bits per heavy atom. The molecule has 12 unspecified atom stereocenters. The van der Waals surface area contributed by atoms with E-state index in [1.54, 1.807) is 53.4 Å². The van der Waals surface area contributed by atoms with Gasteiger partial charge < -0.3 is 92.8 Å². The number of fused-ring (bicyclic) bond motifs is 1. The van der Waals surface area contributed by atoms with Gasteiger partial charge in [-0.2, -0.15) is 0 Å². The normalized spacial score (nSPS) is 37.5. The van der Waals surface area contributed by atoms with Crippen molar-refractivity contribution in [1.82, 2.24) is 4.90 Å². The van der Waals surface area contributed by atoms with E-state index < -0.39 is 147 Å². The molecule has 4 aliphatic heterocycles. The lowest BCUT2D eigenvalue weighted by molar-refractivity contribution is -0.351. The van der Waals surface area contributed by atoms with Gasteiger partial charge in [-0.3, -0.25) is 4.79 Å². The number of ether oxygens (including phenoxy) is 9. The van der Waals surface area contributed by atoms with Crippen molar-refractivity contribution in [3.05, 3.63) is 82.2 Å². The van der Waals surface area contributed by atoms with Crippen LogP contribution in [-0.4, -0.2) is 201 Å². The summed E-state index contributed by atoms with van der Waals surface area (Å²) in [5, 5.41) is 89.1. The number of aliphatic hydroxyl groups is 8. The first-order valence-corrected chi connectivity index (χ1v) is 27.1. The van der Waals surface area contributed by atoms with Gasteiger partial charge in [-0.05, 0) is 74.6 Å².